The third-order valence-electron chi connectivity index (χ3n) is 5.34. The summed E-state index contributed by atoms with van der Waals surface area (Å²) >= 11 is 0. The van der Waals surface area contributed by atoms with Gasteiger partial charge < -0.3 is 19.5 Å². The first-order chi connectivity index (χ1) is 9.24. The van der Waals surface area contributed by atoms with Gasteiger partial charge in [-0.2, -0.15) is 0 Å². The van der Waals surface area contributed by atoms with Gasteiger partial charge in [0, 0.05) is 38.2 Å². The SMILES string of the molecule is CNC(C1CCOC2(CCOC2)C1)C1CCOC1C. The first-order valence-corrected chi connectivity index (χ1v) is 7.75. The zero-order valence-electron chi connectivity index (χ0n) is 12.2. The Morgan fingerprint density at radius 2 is 2.11 bits per heavy atom. The molecule has 0 radical (unpaired) electrons. The second-order valence-electron chi connectivity index (χ2n) is 6.43. The van der Waals surface area contributed by atoms with Crippen molar-refractivity contribution in [3.63, 3.8) is 0 Å². The van der Waals surface area contributed by atoms with Gasteiger partial charge in [0.15, 0.2) is 0 Å². The van der Waals surface area contributed by atoms with E-state index in [0.717, 1.165) is 45.7 Å². The second-order valence-corrected chi connectivity index (χ2v) is 6.43. The molecule has 4 heteroatoms. The summed E-state index contributed by atoms with van der Waals surface area (Å²) in [5.41, 5.74) is 0.0146. The molecule has 5 unspecified atom stereocenters. The minimum atomic E-state index is 0.0146. The van der Waals surface area contributed by atoms with Crippen molar-refractivity contribution in [2.24, 2.45) is 11.8 Å². The van der Waals surface area contributed by atoms with Crippen LogP contribution in [-0.2, 0) is 14.2 Å². The average Bonchev–Trinajstić information content (AvgIpc) is 3.02. The average molecular weight is 269 g/mol. The normalized spacial score (nSPS) is 44.8. The molecule has 0 aliphatic carbocycles. The van der Waals surface area contributed by atoms with Crippen LogP contribution in [0.3, 0.4) is 0 Å². The maximum absolute atomic E-state index is 6.06. The predicted octanol–water partition coefficient (Wildman–Crippen LogP) is 1.59. The van der Waals surface area contributed by atoms with Crippen molar-refractivity contribution in [3.05, 3.63) is 0 Å². The lowest BCUT2D eigenvalue weighted by molar-refractivity contribution is -0.106. The van der Waals surface area contributed by atoms with E-state index in [0.29, 0.717) is 24.0 Å². The van der Waals surface area contributed by atoms with E-state index in [4.69, 9.17) is 14.2 Å². The first kappa shape index (κ1) is 13.8. The molecule has 5 atom stereocenters. The van der Waals surface area contributed by atoms with Gasteiger partial charge in [-0.1, -0.05) is 0 Å². The number of rotatable bonds is 3. The Bertz CT molecular complexity index is 304. The zero-order valence-corrected chi connectivity index (χ0v) is 12.2. The van der Waals surface area contributed by atoms with Crippen molar-refractivity contribution < 1.29 is 14.2 Å². The van der Waals surface area contributed by atoms with Gasteiger partial charge in [0.1, 0.15) is 0 Å². The Kier molecular flexibility index (Phi) is 4.13. The fraction of sp³-hybridized carbons (Fsp3) is 1.00. The topological polar surface area (TPSA) is 39.7 Å². The summed E-state index contributed by atoms with van der Waals surface area (Å²) in [6.07, 6.45) is 4.94. The smallest absolute Gasteiger partial charge is 0.0939 e. The maximum Gasteiger partial charge on any atom is 0.0939 e. The Morgan fingerprint density at radius 3 is 2.74 bits per heavy atom. The Morgan fingerprint density at radius 1 is 1.21 bits per heavy atom. The van der Waals surface area contributed by atoms with Crippen LogP contribution in [-0.4, -0.2) is 51.2 Å². The second kappa shape index (κ2) is 5.68. The van der Waals surface area contributed by atoms with Crippen LogP contribution in [0.4, 0.5) is 0 Å². The van der Waals surface area contributed by atoms with Crippen molar-refractivity contribution in [2.75, 3.05) is 33.5 Å². The van der Waals surface area contributed by atoms with E-state index >= 15 is 0 Å². The molecule has 1 spiro atoms. The molecule has 3 rings (SSSR count). The fourth-order valence-electron chi connectivity index (χ4n) is 4.25. The third-order valence-corrected chi connectivity index (χ3v) is 5.34. The molecule has 3 heterocycles. The molecular formula is C15H27NO3. The molecule has 4 nitrogen and oxygen atoms in total. The third kappa shape index (κ3) is 2.68. The number of hydrogen-bond donors (Lipinski definition) is 1. The van der Waals surface area contributed by atoms with Gasteiger partial charge in [0.2, 0.25) is 0 Å². The molecule has 19 heavy (non-hydrogen) atoms. The van der Waals surface area contributed by atoms with Crippen LogP contribution in [0.2, 0.25) is 0 Å². The van der Waals surface area contributed by atoms with Gasteiger partial charge in [0.05, 0.1) is 18.3 Å². The van der Waals surface area contributed by atoms with Gasteiger partial charge in [-0.05, 0) is 39.2 Å². The number of nitrogens with one attached hydrogen (secondary N) is 1. The molecule has 0 aromatic carbocycles. The fourth-order valence-corrected chi connectivity index (χ4v) is 4.25. The van der Waals surface area contributed by atoms with E-state index in [2.05, 4.69) is 19.3 Å². The quantitative estimate of drug-likeness (QED) is 0.844. The highest BCUT2D eigenvalue weighted by Crippen LogP contribution is 2.40. The molecule has 0 amide bonds. The lowest BCUT2D eigenvalue weighted by Gasteiger charge is -2.42. The van der Waals surface area contributed by atoms with Crippen LogP contribution in [0.1, 0.15) is 32.6 Å². The molecule has 3 aliphatic heterocycles. The molecule has 110 valence electrons. The monoisotopic (exact) mass is 269 g/mol. The zero-order chi connectivity index (χ0) is 13.3. The van der Waals surface area contributed by atoms with E-state index in [9.17, 15) is 0 Å². The predicted molar refractivity (Wildman–Crippen MR) is 73.2 cm³/mol. The summed E-state index contributed by atoms with van der Waals surface area (Å²) in [6, 6.07) is 0.555. The summed E-state index contributed by atoms with van der Waals surface area (Å²) in [5, 5.41) is 3.57. The van der Waals surface area contributed by atoms with Crippen LogP contribution in [0.15, 0.2) is 0 Å². The standard InChI is InChI=1S/C15H27NO3/c1-11-13(4-6-18-11)14(16-2)12-3-7-19-15(9-12)5-8-17-10-15/h11-14,16H,3-10H2,1-2H3. The highest BCUT2D eigenvalue weighted by Gasteiger charge is 2.45. The summed E-state index contributed by atoms with van der Waals surface area (Å²) < 4.78 is 17.4. The van der Waals surface area contributed by atoms with Crippen LogP contribution in [0.5, 0.6) is 0 Å². The summed E-state index contributed by atoms with van der Waals surface area (Å²) in [6.45, 7) is 5.67. The van der Waals surface area contributed by atoms with Crippen molar-refractivity contribution in [1.82, 2.24) is 5.32 Å². The minimum absolute atomic E-state index is 0.0146. The highest BCUT2D eigenvalue weighted by atomic mass is 16.6. The molecule has 0 bridgehead atoms. The molecule has 0 aromatic heterocycles. The van der Waals surface area contributed by atoms with Crippen molar-refractivity contribution in [1.29, 1.82) is 0 Å². The summed E-state index contributed by atoms with van der Waals surface area (Å²) in [4.78, 5) is 0. The summed E-state index contributed by atoms with van der Waals surface area (Å²) in [7, 11) is 2.10. The van der Waals surface area contributed by atoms with Crippen LogP contribution in [0.25, 0.3) is 0 Å². The first-order valence-electron chi connectivity index (χ1n) is 7.75. The minimum Gasteiger partial charge on any atom is -0.378 e. The van der Waals surface area contributed by atoms with E-state index < -0.39 is 0 Å². The molecular weight excluding hydrogens is 242 g/mol. The maximum atomic E-state index is 6.06. The molecule has 3 saturated heterocycles. The highest BCUT2D eigenvalue weighted by molar-refractivity contribution is 4.96. The largest absolute Gasteiger partial charge is 0.378 e. The van der Waals surface area contributed by atoms with E-state index in [1.807, 2.05) is 0 Å². The van der Waals surface area contributed by atoms with Crippen LogP contribution < -0.4 is 5.32 Å². The van der Waals surface area contributed by atoms with Gasteiger partial charge in [-0.25, -0.2) is 0 Å². The van der Waals surface area contributed by atoms with Crippen molar-refractivity contribution in [2.45, 2.75) is 50.4 Å². The van der Waals surface area contributed by atoms with E-state index in [1.165, 1.54) is 6.42 Å². The molecule has 0 saturated carbocycles. The number of ether oxygens (including phenoxy) is 3. The van der Waals surface area contributed by atoms with Crippen molar-refractivity contribution >= 4 is 0 Å². The van der Waals surface area contributed by atoms with E-state index in [1.54, 1.807) is 0 Å². The van der Waals surface area contributed by atoms with E-state index in [-0.39, 0.29) is 5.60 Å². The van der Waals surface area contributed by atoms with Crippen LogP contribution >= 0.6 is 0 Å². The molecule has 3 aliphatic rings. The van der Waals surface area contributed by atoms with Gasteiger partial charge in [-0.15, -0.1) is 0 Å². The Hall–Kier alpha value is -0.160. The van der Waals surface area contributed by atoms with Gasteiger partial charge in [-0.3, -0.25) is 0 Å². The molecule has 0 aromatic rings. The Labute approximate surface area is 116 Å². The Balaban J connectivity index is 1.68. The molecule has 3 fully saturated rings. The summed E-state index contributed by atoms with van der Waals surface area (Å²) in [5.74, 6) is 1.34. The van der Waals surface area contributed by atoms with Crippen LogP contribution in [0, 0.1) is 11.8 Å². The lowest BCUT2D eigenvalue weighted by Crippen LogP contribution is -2.50. The van der Waals surface area contributed by atoms with Crippen molar-refractivity contribution in [3.8, 4) is 0 Å². The number of hydrogen-bond acceptors (Lipinski definition) is 4. The molecule has 1 N–H and O–H groups in total. The lowest BCUT2D eigenvalue weighted by atomic mass is 9.75. The van der Waals surface area contributed by atoms with Gasteiger partial charge >= 0.3 is 0 Å². The van der Waals surface area contributed by atoms with Gasteiger partial charge in [0.25, 0.3) is 0 Å².